The Hall–Kier alpha value is -2.85. The SMILES string of the molecule is O=C(NCc1nnc(C(=O)Nc2ccc(F)cc2)s1)Nc1ccccc1Br. The zero-order chi connectivity index (χ0) is 19.2. The van der Waals surface area contributed by atoms with Crippen LogP contribution >= 0.6 is 27.3 Å². The van der Waals surface area contributed by atoms with Gasteiger partial charge in [-0.3, -0.25) is 4.79 Å². The van der Waals surface area contributed by atoms with Gasteiger partial charge in [0.2, 0.25) is 5.01 Å². The van der Waals surface area contributed by atoms with E-state index in [1.54, 1.807) is 12.1 Å². The van der Waals surface area contributed by atoms with Crippen LogP contribution in [0.1, 0.15) is 14.8 Å². The highest BCUT2D eigenvalue weighted by atomic mass is 79.9. The molecule has 0 aliphatic rings. The number of anilines is 2. The molecule has 0 atom stereocenters. The van der Waals surface area contributed by atoms with Crippen molar-refractivity contribution in [2.75, 3.05) is 10.6 Å². The van der Waals surface area contributed by atoms with E-state index in [2.05, 4.69) is 42.1 Å². The monoisotopic (exact) mass is 449 g/mol. The van der Waals surface area contributed by atoms with Gasteiger partial charge in [0.25, 0.3) is 5.91 Å². The second-order valence-corrected chi connectivity index (χ2v) is 7.17. The van der Waals surface area contributed by atoms with Gasteiger partial charge in [-0.2, -0.15) is 0 Å². The van der Waals surface area contributed by atoms with Crippen LogP contribution in [-0.4, -0.2) is 22.1 Å². The number of para-hydroxylation sites is 1. The zero-order valence-corrected chi connectivity index (χ0v) is 16.1. The summed E-state index contributed by atoms with van der Waals surface area (Å²) in [4.78, 5) is 24.1. The number of halogens is 2. The number of carbonyl (C=O) groups is 2. The third-order valence-corrected chi connectivity index (χ3v) is 4.90. The molecule has 0 spiro atoms. The lowest BCUT2D eigenvalue weighted by Gasteiger charge is -2.07. The van der Waals surface area contributed by atoms with E-state index in [1.165, 1.54) is 24.3 Å². The Balaban J connectivity index is 1.53. The van der Waals surface area contributed by atoms with Gasteiger partial charge in [0.15, 0.2) is 0 Å². The van der Waals surface area contributed by atoms with Gasteiger partial charge < -0.3 is 16.0 Å². The maximum atomic E-state index is 12.9. The largest absolute Gasteiger partial charge is 0.331 e. The summed E-state index contributed by atoms with van der Waals surface area (Å²) in [5.74, 6) is -0.846. The van der Waals surface area contributed by atoms with Crippen molar-refractivity contribution in [3.05, 3.63) is 68.8 Å². The molecule has 3 amide bonds. The second kappa shape index (κ2) is 8.69. The molecule has 0 aliphatic heterocycles. The van der Waals surface area contributed by atoms with Crippen molar-refractivity contribution in [2.45, 2.75) is 6.54 Å². The fourth-order valence-corrected chi connectivity index (χ4v) is 3.08. The molecule has 138 valence electrons. The topological polar surface area (TPSA) is 96.0 Å². The van der Waals surface area contributed by atoms with Gasteiger partial charge in [-0.05, 0) is 52.3 Å². The fraction of sp³-hybridized carbons (Fsp3) is 0.0588. The number of hydrogen-bond donors (Lipinski definition) is 3. The Bertz CT molecular complexity index is 964. The second-order valence-electron chi connectivity index (χ2n) is 5.25. The average molecular weight is 450 g/mol. The molecule has 10 heteroatoms. The first-order chi connectivity index (χ1) is 13.0. The van der Waals surface area contributed by atoms with Crippen LogP contribution in [0.25, 0.3) is 0 Å². The van der Waals surface area contributed by atoms with E-state index in [1.807, 2.05) is 12.1 Å². The van der Waals surface area contributed by atoms with Gasteiger partial charge in [0, 0.05) is 10.2 Å². The number of carbonyl (C=O) groups excluding carboxylic acids is 2. The lowest BCUT2D eigenvalue weighted by atomic mass is 10.3. The van der Waals surface area contributed by atoms with Crippen LogP contribution in [0.3, 0.4) is 0 Å². The minimum atomic E-state index is -0.456. The molecule has 0 fully saturated rings. The molecule has 0 unspecified atom stereocenters. The van der Waals surface area contributed by atoms with Gasteiger partial charge in [-0.25, -0.2) is 9.18 Å². The van der Waals surface area contributed by atoms with E-state index >= 15 is 0 Å². The van der Waals surface area contributed by atoms with Crippen molar-refractivity contribution < 1.29 is 14.0 Å². The first kappa shape index (κ1) is 18.9. The van der Waals surface area contributed by atoms with E-state index in [0.29, 0.717) is 16.4 Å². The normalized spacial score (nSPS) is 10.3. The Morgan fingerprint density at radius 1 is 1.04 bits per heavy atom. The van der Waals surface area contributed by atoms with Gasteiger partial charge in [-0.15, -0.1) is 10.2 Å². The predicted molar refractivity (Wildman–Crippen MR) is 104 cm³/mol. The molecule has 27 heavy (non-hydrogen) atoms. The van der Waals surface area contributed by atoms with Crippen LogP contribution in [0.15, 0.2) is 53.0 Å². The Kier molecular flexibility index (Phi) is 6.09. The molecule has 7 nitrogen and oxygen atoms in total. The van der Waals surface area contributed by atoms with Crippen molar-refractivity contribution in [1.82, 2.24) is 15.5 Å². The van der Waals surface area contributed by atoms with Gasteiger partial charge in [0.1, 0.15) is 10.8 Å². The summed E-state index contributed by atoms with van der Waals surface area (Å²) in [6.45, 7) is 0.123. The quantitative estimate of drug-likeness (QED) is 0.547. The summed E-state index contributed by atoms with van der Waals surface area (Å²) in [5.41, 5.74) is 1.08. The number of nitrogens with zero attached hydrogens (tertiary/aromatic N) is 2. The van der Waals surface area contributed by atoms with E-state index < -0.39 is 17.8 Å². The van der Waals surface area contributed by atoms with E-state index in [0.717, 1.165) is 15.8 Å². The van der Waals surface area contributed by atoms with Crippen LogP contribution in [-0.2, 0) is 6.54 Å². The number of nitrogens with one attached hydrogen (secondary N) is 3. The van der Waals surface area contributed by atoms with E-state index in [4.69, 9.17) is 0 Å². The number of rotatable bonds is 5. The number of aromatic nitrogens is 2. The number of hydrogen-bond acceptors (Lipinski definition) is 5. The van der Waals surface area contributed by atoms with Crippen molar-refractivity contribution >= 4 is 50.6 Å². The molecular weight excluding hydrogens is 437 g/mol. The maximum absolute atomic E-state index is 12.9. The first-order valence-electron chi connectivity index (χ1n) is 7.70. The van der Waals surface area contributed by atoms with Crippen LogP contribution in [0.2, 0.25) is 0 Å². The highest BCUT2D eigenvalue weighted by molar-refractivity contribution is 9.10. The number of urea groups is 1. The molecule has 0 bridgehead atoms. The molecule has 0 aliphatic carbocycles. The third kappa shape index (κ3) is 5.31. The Morgan fingerprint density at radius 2 is 1.78 bits per heavy atom. The van der Waals surface area contributed by atoms with E-state index in [-0.39, 0.29) is 11.6 Å². The van der Waals surface area contributed by atoms with E-state index in [9.17, 15) is 14.0 Å². The van der Waals surface area contributed by atoms with Gasteiger partial charge in [0.05, 0.1) is 12.2 Å². The van der Waals surface area contributed by atoms with Crippen molar-refractivity contribution in [3.8, 4) is 0 Å². The molecule has 3 N–H and O–H groups in total. The van der Waals surface area contributed by atoms with Crippen molar-refractivity contribution in [1.29, 1.82) is 0 Å². The zero-order valence-electron chi connectivity index (χ0n) is 13.7. The summed E-state index contributed by atoms with van der Waals surface area (Å²) in [7, 11) is 0. The number of amides is 3. The fourth-order valence-electron chi connectivity index (χ4n) is 2.02. The van der Waals surface area contributed by atoms with Crippen LogP contribution < -0.4 is 16.0 Å². The molecule has 3 rings (SSSR count). The van der Waals surface area contributed by atoms with Gasteiger partial charge in [-0.1, -0.05) is 23.5 Å². The Labute approximate surface area is 166 Å². The summed E-state index contributed by atoms with van der Waals surface area (Å²) in [5, 5.41) is 16.3. The molecule has 3 aromatic rings. The van der Waals surface area contributed by atoms with Crippen molar-refractivity contribution in [3.63, 3.8) is 0 Å². The molecule has 1 heterocycles. The highest BCUT2D eigenvalue weighted by Gasteiger charge is 2.14. The first-order valence-corrected chi connectivity index (χ1v) is 9.31. The summed E-state index contributed by atoms with van der Waals surface area (Å²) in [6, 6.07) is 12.2. The predicted octanol–water partition coefficient (Wildman–Crippen LogP) is 4.01. The number of benzene rings is 2. The maximum Gasteiger partial charge on any atom is 0.319 e. The summed E-state index contributed by atoms with van der Waals surface area (Å²) in [6.07, 6.45) is 0. The lowest BCUT2D eigenvalue weighted by Crippen LogP contribution is -2.28. The van der Waals surface area contributed by atoms with Crippen molar-refractivity contribution in [2.24, 2.45) is 0 Å². The smallest absolute Gasteiger partial charge is 0.319 e. The summed E-state index contributed by atoms with van der Waals surface area (Å²) >= 11 is 4.40. The molecular formula is C17H13BrFN5O2S. The molecule has 0 saturated heterocycles. The standard InChI is InChI=1S/C17H13BrFN5O2S/c18-12-3-1-2-4-13(12)22-17(26)20-9-14-23-24-16(27-14)15(25)21-11-7-5-10(19)6-8-11/h1-8H,9H2,(H,21,25)(H2,20,22,26). The third-order valence-electron chi connectivity index (χ3n) is 3.29. The van der Waals surface area contributed by atoms with Crippen LogP contribution in [0.4, 0.5) is 20.6 Å². The average Bonchev–Trinajstić information content (AvgIpc) is 3.13. The summed E-state index contributed by atoms with van der Waals surface area (Å²) < 4.78 is 13.6. The lowest BCUT2D eigenvalue weighted by molar-refractivity contribution is 0.102. The Morgan fingerprint density at radius 3 is 2.52 bits per heavy atom. The minimum absolute atomic E-state index is 0.123. The highest BCUT2D eigenvalue weighted by Crippen LogP contribution is 2.21. The molecule has 0 saturated carbocycles. The molecule has 0 radical (unpaired) electrons. The minimum Gasteiger partial charge on any atom is -0.331 e. The molecule has 1 aromatic heterocycles. The van der Waals surface area contributed by atoms with Crippen LogP contribution in [0.5, 0.6) is 0 Å². The van der Waals surface area contributed by atoms with Gasteiger partial charge >= 0.3 is 6.03 Å². The van der Waals surface area contributed by atoms with Crippen LogP contribution in [0, 0.1) is 5.82 Å². The molecule has 2 aromatic carbocycles.